The molecule has 2 aromatic heterocycles. The van der Waals surface area contributed by atoms with E-state index in [2.05, 4.69) is 67.9 Å². The Morgan fingerprint density at radius 1 is 1.21 bits per heavy atom. The fourth-order valence-electron chi connectivity index (χ4n) is 4.50. The van der Waals surface area contributed by atoms with Gasteiger partial charge < -0.3 is 9.88 Å². The lowest BCUT2D eigenvalue weighted by molar-refractivity contribution is 0.309. The fraction of sp³-hybridized carbons (Fsp3) is 0.455. The summed E-state index contributed by atoms with van der Waals surface area (Å²) >= 11 is 0. The van der Waals surface area contributed by atoms with Crippen LogP contribution in [-0.4, -0.2) is 43.9 Å². The number of hydrogen-bond donors (Lipinski definition) is 1. The average molecular weight is 377 g/mol. The quantitative estimate of drug-likeness (QED) is 0.744. The Balaban J connectivity index is 1.26. The number of rotatable bonds is 5. The molecule has 3 aromatic rings. The molecule has 1 saturated heterocycles. The van der Waals surface area contributed by atoms with E-state index in [9.17, 15) is 0 Å². The highest BCUT2D eigenvalue weighted by Crippen LogP contribution is 2.25. The van der Waals surface area contributed by atoms with Crippen molar-refractivity contribution in [3.8, 4) is 11.5 Å². The first-order valence-electron chi connectivity index (χ1n) is 10.3. The molecule has 6 heteroatoms. The lowest BCUT2D eigenvalue weighted by Gasteiger charge is -2.18. The molecular formula is C22H28N6. The molecule has 2 aliphatic heterocycles. The third-order valence-corrected chi connectivity index (χ3v) is 6.09. The number of aromatic nitrogens is 4. The van der Waals surface area contributed by atoms with Crippen molar-refractivity contribution in [1.29, 1.82) is 0 Å². The molecule has 6 nitrogen and oxygen atoms in total. The third kappa shape index (κ3) is 3.50. The van der Waals surface area contributed by atoms with Crippen molar-refractivity contribution >= 4 is 0 Å². The van der Waals surface area contributed by atoms with Gasteiger partial charge in [0.15, 0.2) is 5.82 Å². The number of likely N-dealkylation sites (tertiary alicyclic amines) is 1. The van der Waals surface area contributed by atoms with Crippen LogP contribution in [0.25, 0.3) is 11.5 Å². The van der Waals surface area contributed by atoms with E-state index in [1.54, 1.807) is 0 Å². The summed E-state index contributed by atoms with van der Waals surface area (Å²) in [7, 11) is 0. The fourth-order valence-corrected chi connectivity index (χ4v) is 4.50. The minimum absolute atomic E-state index is 0.663. The lowest BCUT2D eigenvalue weighted by Crippen LogP contribution is -2.28. The third-order valence-electron chi connectivity index (χ3n) is 6.09. The van der Waals surface area contributed by atoms with Gasteiger partial charge in [-0.15, -0.1) is 0 Å². The van der Waals surface area contributed by atoms with E-state index < -0.39 is 0 Å². The van der Waals surface area contributed by atoms with E-state index in [1.807, 2.05) is 6.20 Å². The summed E-state index contributed by atoms with van der Waals surface area (Å²) in [4.78, 5) is 7.21. The Bertz CT molecular complexity index is 932. The van der Waals surface area contributed by atoms with Crippen molar-refractivity contribution in [1.82, 2.24) is 29.5 Å². The SMILES string of the molecule is Cc1ccccc1CN1CC[C@H](Cn2ccnc2-c2cc3n(n2)CCNC3)C1. The maximum absolute atomic E-state index is 4.79. The number of fused-ring (bicyclic) bond motifs is 1. The summed E-state index contributed by atoms with van der Waals surface area (Å²) in [6, 6.07) is 10.9. The highest BCUT2D eigenvalue weighted by Gasteiger charge is 2.24. The molecule has 0 aliphatic carbocycles. The molecule has 1 N–H and O–H groups in total. The van der Waals surface area contributed by atoms with E-state index in [4.69, 9.17) is 5.10 Å². The maximum atomic E-state index is 4.79. The number of nitrogens with zero attached hydrogens (tertiary/aromatic N) is 5. The zero-order valence-electron chi connectivity index (χ0n) is 16.5. The second kappa shape index (κ2) is 7.53. The standard InChI is InChI=1S/C22H28N6/c1-17-4-2-3-5-19(17)16-26-9-6-18(14-26)15-27-10-8-24-22(27)21-12-20-13-23-7-11-28(20)25-21/h2-5,8,10,12,18,23H,6-7,9,11,13-16H2,1H3/t18-/m0/s1. The molecule has 0 unspecified atom stereocenters. The number of nitrogens with one attached hydrogen (secondary N) is 1. The van der Waals surface area contributed by atoms with Crippen LogP contribution in [0, 0.1) is 12.8 Å². The van der Waals surface area contributed by atoms with Crippen molar-refractivity contribution < 1.29 is 0 Å². The summed E-state index contributed by atoms with van der Waals surface area (Å²) < 4.78 is 4.41. The predicted octanol–water partition coefficient (Wildman–Crippen LogP) is 2.68. The Morgan fingerprint density at radius 2 is 2.14 bits per heavy atom. The molecule has 5 rings (SSSR count). The highest BCUT2D eigenvalue weighted by molar-refractivity contribution is 5.50. The largest absolute Gasteiger partial charge is 0.329 e. The molecule has 0 spiro atoms. The summed E-state index contributed by atoms with van der Waals surface area (Å²) in [5.41, 5.74) is 5.09. The molecule has 28 heavy (non-hydrogen) atoms. The van der Waals surface area contributed by atoms with Gasteiger partial charge in [-0.1, -0.05) is 24.3 Å². The first-order valence-corrected chi connectivity index (χ1v) is 10.3. The summed E-state index contributed by atoms with van der Waals surface area (Å²) in [5, 5.41) is 8.20. The molecule has 2 aliphatic rings. The van der Waals surface area contributed by atoms with Crippen LogP contribution in [0.2, 0.25) is 0 Å². The maximum Gasteiger partial charge on any atom is 0.160 e. The first kappa shape index (κ1) is 17.6. The number of aryl methyl sites for hydroxylation is 1. The molecule has 1 fully saturated rings. The zero-order chi connectivity index (χ0) is 18.9. The Morgan fingerprint density at radius 3 is 3.04 bits per heavy atom. The molecule has 146 valence electrons. The van der Waals surface area contributed by atoms with Crippen molar-refractivity contribution in [2.45, 2.75) is 39.5 Å². The van der Waals surface area contributed by atoms with Crippen LogP contribution in [0.5, 0.6) is 0 Å². The summed E-state index contributed by atoms with van der Waals surface area (Å²) in [6.45, 7) is 9.42. The predicted molar refractivity (Wildman–Crippen MR) is 110 cm³/mol. The van der Waals surface area contributed by atoms with Crippen LogP contribution in [0.15, 0.2) is 42.7 Å². The summed E-state index contributed by atoms with van der Waals surface area (Å²) in [6.07, 6.45) is 5.26. The molecule has 4 heterocycles. The average Bonchev–Trinajstić information content (AvgIpc) is 3.43. The Hall–Kier alpha value is -2.44. The molecule has 0 radical (unpaired) electrons. The normalized spacial score (nSPS) is 19.8. The van der Waals surface area contributed by atoms with E-state index in [0.717, 1.165) is 50.8 Å². The van der Waals surface area contributed by atoms with Crippen molar-refractivity contribution in [3.63, 3.8) is 0 Å². The highest BCUT2D eigenvalue weighted by atomic mass is 15.3. The van der Waals surface area contributed by atoms with Gasteiger partial charge in [0.25, 0.3) is 0 Å². The molecule has 0 amide bonds. The molecule has 0 bridgehead atoms. The van der Waals surface area contributed by atoms with Crippen LogP contribution in [-0.2, 0) is 26.2 Å². The second-order valence-electron chi connectivity index (χ2n) is 8.14. The summed E-state index contributed by atoms with van der Waals surface area (Å²) in [5.74, 6) is 1.66. The number of hydrogen-bond acceptors (Lipinski definition) is 4. The van der Waals surface area contributed by atoms with Gasteiger partial charge in [-0.2, -0.15) is 5.10 Å². The monoisotopic (exact) mass is 376 g/mol. The number of benzene rings is 1. The Kier molecular flexibility index (Phi) is 4.74. The van der Waals surface area contributed by atoms with Crippen molar-refractivity contribution in [2.75, 3.05) is 19.6 Å². The second-order valence-corrected chi connectivity index (χ2v) is 8.14. The van der Waals surface area contributed by atoms with Gasteiger partial charge >= 0.3 is 0 Å². The van der Waals surface area contributed by atoms with Gasteiger partial charge in [0.05, 0.1) is 12.2 Å². The smallest absolute Gasteiger partial charge is 0.160 e. The minimum Gasteiger partial charge on any atom is -0.329 e. The Labute approximate surface area is 166 Å². The van der Waals surface area contributed by atoms with Gasteiger partial charge in [0.1, 0.15) is 5.69 Å². The van der Waals surface area contributed by atoms with Crippen molar-refractivity contribution in [2.24, 2.45) is 5.92 Å². The minimum atomic E-state index is 0.663. The van der Waals surface area contributed by atoms with Crippen LogP contribution in [0.4, 0.5) is 0 Å². The topological polar surface area (TPSA) is 50.9 Å². The van der Waals surface area contributed by atoms with Crippen LogP contribution in [0.3, 0.4) is 0 Å². The van der Waals surface area contributed by atoms with Gasteiger partial charge in [-0.05, 0) is 43.0 Å². The molecular weight excluding hydrogens is 348 g/mol. The van der Waals surface area contributed by atoms with Crippen LogP contribution >= 0.6 is 0 Å². The van der Waals surface area contributed by atoms with Crippen LogP contribution in [0.1, 0.15) is 23.2 Å². The molecule has 1 aromatic carbocycles. The van der Waals surface area contributed by atoms with E-state index >= 15 is 0 Å². The van der Waals surface area contributed by atoms with Crippen LogP contribution < -0.4 is 5.32 Å². The van der Waals surface area contributed by atoms with Gasteiger partial charge in [0, 0.05) is 45.1 Å². The van der Waals surface area contributed by atoms with Gasteiger partial charge in [-0.3, -0.25) is 9.58 Å². The first-order chi connectivity index (χ1) is 13.8. The number of imidazole rings is 1. The molecule has 1 atom stereocenters. The van der Waals surface area contributed by atoms with Gasteiger partial charge in [-0.25, -0.2) is 4.98 Å². The van der Waals surface area contributed by atoms with Gasteiger partial charge in [0.2, 0.25) is 0 Å². The zero-order valence-corrected chi connectivity index (χ0v) is 16.5. The molecule has 0 saturated carbocycles. The lowest BCUT2D eigenvalue weighted by atomic mass is 10.1. The van der Waals surface area contributed by atoms with Crippen molar-refractivity contribution in [3.05, 3.63) is 59.5 Å². The van der Waals surface area contributed by atoms with E-state index in [1.165, 1.54) is 29.8 Å². The van der Waals surface area contributed by atoms with E-state index in [-0.39, 0.29) is 0 Å². The van der Waals surface area contributed by atoms with E-state index in [0.29, 0.717) is 5.92 Å².